The SMILES string of the molecule is CC(O)CO.O=C1CCCN1.[CH2]OCCOCCOCCO. The van der Waals surface area contributed by atoms with Crippen LogP contribution in [-0.2, 0) is 19.0 Å². The highest BCUT2D eigenvalue weighted by Crippen LogP contribution is 1.93. The third kappa shape index (κ3) is 24.3. The highest BCUT2D eigenvalue weighted by Gasteiger charge is 2.05. The standard InChI is InChI=1S/C7H15O4.C4H7NO.C3H8O2/c1-9-4-5-11-7-6-10-3-2-8;6-4-2-1-3-5-4;1-3(5)2-4/h8H,1-7H2;1-3H2,(H,5,6);3-5H,2H2,1H3. The molecule has 0 aromatic rings. The molecule has 1 amide bonds. The summed E-state index contributed by atoms with van der Waals surface area (Å²) >= 11 is 0. The Kier molecular flexibility index (Phi) is 21.6. The molecular formula is C14H30NO7. The maximum Gasteiger partial charge on any atom is 0.220 e. The van der Waals surface area contributed by atoms with Crippen LogP contribution < -0.4 is 5.32 Å². The summed E-state index contributed by atoms with van der Waals surface area (Å²) in [5.74, 6) is 0.204. The molecule has 1 atom stereocenters. The van der Waals surface area contributed by atoms with Crippen molar-refractivity contribution < 1.29 is 34.3 Å². The predicted molar refractivity (Wildman–Crippen MR) is 81.0 cm³/mol. The van der Waals surface area contributed by atoms with E-state index in [2.05, 4.69) is 17.2 Å². The van der Waals surface area contributed by atoms with Gasteiger partial charge in [0.1, 0.15) is 0 Å². The Morgan fingerprint density at radius 1 is 1.18 bits per heavy atom. The molecule has 1 radical (unpaired) electrons. The molecule has 0 saturated carbocycles. The van der Waals surface area contributed by atoms with E-state index in [0.29, 0.717) is 33.0 Å². The van der Waals surface area contributed by atoms with Gasteiger partial charge in [-0.2, -0.15) is 0 Å². The van der Waals surface area contributed by atoms with Crippen LogP contribution in [0.3, 0.4) is 0 Å². The molecule has 1 rings (SSSR count). The quantitative estimate of drug-likeness (QED) is 0.405. The van der Waals surface area contributed by atoms with E-state index in [4.69, 9.17) is 24.8 Å². The van der Waals surface area contributed by atoms with Crippen LogP contribution in [0.5, 0.6) is 0 Å². The van der Waals surface area contributed by atoms with Gasteiger partial charge >= 0.3 is 0 Å². The Balaban J connectivity index is 0. The van der Waals surface area contributed by atoms with Crippen LogP contribution in [0.25, 0.3) is 0 Å². The average Bonchev–Trinajstić information content (AvgIpc) is 2.99. The van der Waals surface area contributed by atoms with Crippen LogP contribution in [0.2, 0.25) is 0 Å². The van der Waals surface area contributed by atoms with Gasteiger partial charge in [-0.1, -0.05) is 0 Å². The lowest BCUT2D eigenvalue weighted by atomic mass is 10.4. The highest BCUT2D eigenvalue weighted by atomic mass is 16.5. The number of hydrogen-bond acceptors (Lipinski definition) is 7. The van der Waals surface area contributed by atoms with Crippen molar-refractivity contribution >= 4 is 5.91 Å². The molecule has 1 aliphatic heterocycles. The average molecular weight is 324 g/mol. The zero-order chi connectivity index (χ0) is 17.1. The fourth-order valence-corrected chi connectivity index (χ4v) is 1.07. The van der Waals surface area contributed by atoms with Gasteiger partial charge in [0.05, 0.1) is 59.5 Å². The number of ether oxygens (including phenoxy) is 3. The number of carbonyl (C=O) groups is 1. The lowest BCUT2D eigenvalue weighted by Crippen LogP contribution is -2.12. The minimum absolute atomic E-state index is 0.0575. The number of hydrogen-bond donors (Lipinski definition) is 4. The van der Waals surface area contributed by atoms with E-state index in [1.165, 1.54) is 6.92 Å². The van der Waals surface area contributed by atoms with Gasteiger partial charge in [-0.15, -0.1) is 0 Å². The van der Waals surface area contributed by atoms with Gasteiger partial charge < -0.3 is 34.8 Å². The predicted octanol–water partition coefficient (Wildman–Crippen LogP) is -0.924. The molecule has 22 heavy (non-hydrogen) atoms. The van der Waals surface area contributed by atoms with E-state index >= 15 is 0 Å². The Morgan fingerprint density at radius 3 is 2.05 bits per heavy atom. The fraction of sp³-hybridized carbons (Fsp3) is 0.857. The van der Waals surface area contributed by atoms with E-state index in [1.54, 1.807) is 0 Å². The minimum Gasteiger partial charge on any atom is -0.394 e. The molecule has 4 N–H and O–H groups in total. The van der Waals surface area contributed by atoms with Gasteiger partial charge in [-0.25, -0.2) is 0 Å². The fourth-order valence-electron chi connectivity index (χ4n) is 1.07. The zero-order valence-electron chi connectivity index (χ0n) is 13.3. The summed E-state index contributed by atoms with van der Waals surface area (Å²) < 4.78 is 14.5. The van der Waals surface area contributed by atoms with E-state index < -0.39 is 6.10 Å². The first-order valence-corrected chi connectivity index (χ1v) is 7.27. The molecule has 1 unspecified atom stereocenters. The van der Waals surface area contributed by atoms with E-state index in [0.717, 1.165) is 19.4 Å². The number of amides is 1. The molecule has 8 nitrogen and oxygen atoms in total. The molecule has 0 aromatic carbocycles. The molecule has 1 aliphatic rings. The summed E-state index contributed by atoms with van der Waals surface area (Å²) in [7, 11) is 3.19. The van der Waals surface area contributed by atoms with Crippen molar-refractivity contribution in [1.82, 2.24) is 5.32 Å². The van der Waals surface area contributed by atoms with Gasteiger partial charge in [0.15, 0.2) is 0 Å². The van der Waals surface area contributed by atoms with Crippen molar-refractivity contribution in [2.45, 2.75) is 25.9 Å². The van der Waals surface area contributed by atoms with Crippen LogP contribution in [0.1, 0.15) is 19.8 Å². The van der Waals surface area contributed by atoms with E-state index in [-0.39, 0.29) is 19.1 Å². The number of rotatable bonds is 9. The molecule has 0 aliphatic carbocycles. The number of aliphatic hydroxyl groups excluding tert-OH is 3. The molecule has 1 heterocycles. The molecular weight excluding hydrogens is 294 g/mol. The van der Waals surface area contributed by atoms with Gasteiger partial charge in [-0.05, 0) is 13.3 Å². The zero-order valence-corrected chi connectivity index (χ0v) is 13.3. The second-order valence-corrected chi connectivity index (χ2v) is 4.34. The molecule has 8 heteroatoms. The largest absolute Gasteiger partial charge is 0.394 e. The van der Waals surface area contributed by atoms with Crippen molar-refractivity contribution in [3.8, 4) is 0 Å². The summed E-state index contributed by atoms with van der Waals surface area (Å²) in [5, 5.41) is 27.0. The van der Waals surface area contributed by atoms with Crippen molar-refractivity contribution in [2.75, 3.05) is 52.8 Å². The van der Waals surface area contributed by atoms with Gasteiger partial charge in [-0.3, -0.25) is 4.79 Å². The summed E-state index contributed by atoms with van der Waals surface area (Å²) in [4.78, 5) is 10.1. The number of carbonyl (C=O) groups excluding carboxylic acids is 1. The van der Waals surface area contributed by atoms with Gasteiger partial charge in [0, 0.05) is 13.0 Å². The van der Waals surface area contributed by atoms with E-state index in [1.807, 2.05) is 0 Å². The van der Waals surface area contributed by atoms with Crippen molar-refractivity contribution in [2.24, 2.45) is 0 Å². The third-order valence-electron chi connectivity index (χ3n) is 2.15. The smallest absolute Gasteiger partial charge is 0.220 e. The van der Waals surface area contributed by atoms with E-state index in [9.17, 15) is 4.79 Å². The molecule has 133 valence electrons. The van der Waals surface area contributed by atoms with Crippen LogP contribution in [-0.4, -0.2) is 80.1 Å². The van der Waals surface area contributed by atoms with Crippen LogP contribution >= 0.6 is 0 Å². The third-order valence-corrected chi connectivity index (χ3v) is 2.15. The van der Waals surface area contributed by atoms with Gasteiger partial charge in [0.25, 0.3) is 0 Å². The first-order chi connectivity index (χ1) is 10.6. The summed E-state index contributed by atoms with van der Waals surface area (Å²) in [6.07, 6.45) is 1.20. The Labute approximate surface area is 132 Å². The van der Waals surface area contributed by atoms with Crippen LogP contribution in [0, 0.1) is 7.11 Å². The summed E-state index contributed by atoms with van der Waals surface area (Å²) in [6, 6.07) is 0. The topological polar surface area (TPSA) is 117 Å². The van der Waals surface area contributed by atoms with Crippen molar-refractivity contribution in [1.29, 1.82) is 0 Å². The van der Waals surface area contributed by atoms with Crippen LogP contribution in [0.15, 0.2) is 0 Å². The first-order valence-electron chi connectivity index (χ1n) is 7.27. The second-order valence-electron chi connectivity index (χ2n) is 4.34. The number of nitrogens with one attached hydrogen (secondary N) is 1. The maximum absolute atomic E-state index is 10.1. The second kappa shape index (κ2) is 20.2. The normalized spacial score (nSPS) is 14.3. The van der Waals surface area contributed by atoms with Crippen LogP contribution in [0.4, 0.5) is 0 Å². The van der Waals surface area contributed by atoms with Crippen molar-refractivity contribution in [3.63, 3.8) is 0 Å². The number of aliphatic hydroxyl groups is 3. The monoisotopic (exact) mass is 324 g/mol. The lowest BCUT2D eigenvalue weighted by molar-refractivity contribution is -0.119. The summed E-state index contributed by atoms with van der Waals surface area (Å²) in [5.41, 5.74) is 0. The Hall–Kier alpha value is -0.770. The Bertz CT molecular complexity index is 211. The Morgan fingerprint density at radius 2 is 1.73 bits per heavy atom. The highest BCUT2D eigenvalue weighted by molar-refractivity contribution is 5.77. The lowest BCUT2D eigenvalue weighted by Gasteiger charge is -2.03. The maximum atomic E-state index is 10.1. The summed E-state index contributed by atoms with van der Waals surface area (Å²) in [6.45, 7) is 4.78. The molecule has 1 saturated heterocycles. The molecule has 0 bridgehead atoms. The minimum atomic E-state index is -0.560. The van der Waals surface area contributed by atoms with Crippen molar-refractivity contribution in [3.05, 3.63) is 7.11 Å². The first kappa shape index (κ1) is 23.5. The molecule has 1 fully saturated rings. The molecule has 0 spiro atoms. The molecule has 0 aromatic heterocycles. The van der Waals surface area contributed by atoms with Gasteiger partial charge in [0.2, 0.25) is 5.91 Å².